The second-order valence-corrected chi connectivity index (χ2v) is 7.27. The van der Waals surface area contributed by atoms with Crippen LogP contribution in [0, 0.1) is 0 Å². The zero-order chi connectivity index (χ0) is 17.9. The quantitative estimate of drug-likeness (QED) is 0.433. The number of hydrogen-bond acceptors (Lipinski definition) is 5. The summed E-state index contributed by atoms with van der Waals surface area (Å²) in [5, 5.41) is 4.12. The Morgan fingerprint density at radius 3 is 2.96 bits per heavy atom. The van der Waals surface area contributed by atoms with Gasteiger partial charge < -0.3 is 19.7 Å². The zero-order valence-corrected chi connectivity index (χ0v) is 16.3. The normalized spacial score (nSPS) is 18.3. The Hall–Kier alpha value is -1.47. The lowest BCUT2D eigenvalue weighted by atomic mass is 10.3. The molecule has 1 aliphatic heterocycles. The number of aromatic nitrogens is 1. The summed E-state index contributed by atoms with van der Waals surface area (Å²) in [7, 11) is 1.66. The number of ether oxygens (including phenoxy) is 2. The second kappa shape index (κ2) is 11.2. The molecule has 0 amide bonds. The maximum Gasteiger partial charge on any atom is 0.213 e. The smallest absolute Gasteiger partial charge is 0.213 e. The van der Waals surface area contributed by atoms with Crippen molar-refractivity contribution in [2.45, 2.75) is 32.1 Å². The first-order valence-electron chi connectivity index (χ1n) is 8.98. The molecule has 25 heavy (non-hydrogen) atoms. The first-order valence-corrected chi connectivity index (χ1v) is 10.0. The molecule has 1 N–H and O–H groups in total. The van der Waals surface area contributed by atoms with Gasteiger partial charge in [-0.25, -0.2) is 9.98 Å². The molecule has 1 aliphatic rings. The number of nitrogens with zero attached hydrogens (tertiary/aromatic N) is 3. The largest absolute Gasteiger partial charge is 0.475 e. The summed E-state index contributed by atoms with van der Waals surface area (Å²) in [5.41, 5.74) is 1.08. The molecule has 6 nitrogen and oxygen atoms in total. The van der Waals surface area contributed by atoms with Gasteiger partial charge in [-0.15, -0.1) is 0 Å². The first-order chi connectivity index (χ1) is 12.3. The van der Waals surface area contributed by atoms with Gasteiger partial charge in [-0.2, -0.15) is 11.8 Å². The van der Waals surface area contributed by atoms with Crippen LogP contribution in [0.5, 0.6) is 5.88 Å². The molecule has 1 atom stereocenters. The molecule has 2 rings (SSSR count). The maximum absolute atomic E-state index is 5.49. The van der Waals surface area contributed by atoms with E-state index in [1.54, 1.807) is 7.11 Å². The van der Waals surface area contributed by atoms with E-state index in [1.165, 1.54) is 6.42 Å². The van der Waals surface area contributed by atoms with Crippen LogP contribution >= 0.6 is 11.8 Å². The number of thioether (sulfide) groups is 1. The van der Waals surface area contributed by atoms with Crippen molar-refractivity contribution in [1.82, 2.24) is 15.2 Å². The molecule has 1 aromatic heterocycles. The Labute approximate surface area is 155 Å². The lowest BCUT2D eigenvalue weighted by Crippen LogP contribution is -2.48. The number of methoxy groups -OCH3 is 1. The molecule has 0 saturated carbocycles. The Morgan fingerprint density at radius 2 is 2.28 bits per heavy atom. The molecule has 2 heterocycles. The standard InChI is InChI=1S/C18H30N4O2S/c1-4-16-14-22(8-11-25-16)18(19-5-2)21-13-15-6-7-17(20-12-15)24-10-9-23-3/h6-7,12,16H,4-5,8-11,13-14H2,1-3H3,(H,19,21). The third kappa shape index (κ3) is 6.74. The van der Waals surface area contributed by atoms with E-state index in [9.17, 15) is 0 Å². The predicted octanol–water partition coefficient (Wildman–Crippen LogP) is 2.40. The molecule has 1 aromatic rings. The molecule has 0 spiro atoms. The highest BCUT2D eigenvalue weighted by atomic mass is 32.2. The Bertz CT molecular complexity index is 524. The molecule has 0 bridgehead atoms. The maximum atomic E-state index is 5.49. The number of hydrogen-bond donors (Lipinski definition) is 1. The fourth-order valence-electron chi connectivity index (χ4n) is 2.57. The average molecular weight is 367 g/mol. The highest BCUT2D eigenvalue weighted by molar-refractivity contribution is 8.00. The molecule has 0 radical (unpaired) electrons. The van der Waals surface area contributed by atoms with E-state index in [4.69, 9.17) is 14.5 Å². The van der Waals surface area contributed by atoms with Gasteiger partial charge >= 0.3 is 0 Å². The van der Waals surface area contributed by atoms with E-state index < -0.39 is 0 Å². The minimum Gasteiger partial charge on any atom is -0.475 e. The summed E-state index contributed by atoms with van der Waals surface area (Å²) in [4.78, 5) is 11.5. The van der Waals surface area contributed by atoms with Gasteiger partial charge in [0.25, 0.3) is 0 Å². The fraction of sp³-hybridized carbons (Fsp3) is 0.667. The highest BCUT2D eigenvalue weighted by Gasteiger charge is 2.21. The Kier molecular flexibility index (Phi) is 8.90. The van der Waals surface area contributed by atoms with E-state index in [-0.39, 0.29) is 0 Å². The van der Waals surface area contributed by atoms with Crippen molar-refractivity contribution < 1.29 is 9.47 Å². The van der Waals surface area contributed by atoms with Crippen molar-refractivity contribution >= 4 is 17.7 Å². The SMILES string of the molecule is CCNC(=NCc1ccc(OCCOC)nc1)N1CCSC(CC)C1. The summed E-state index contributed by atoms with van der Waals surface area (Å²) in [6.45, 7) is 9.06. The summed E-state index contributed by atoms with van der Waals surface area (Å²) in [5.74, 6) is 2.79. The van der Waals surface area contributed by atoms with E-state index in [2.05, 4.69) is 40.8 Å². The summed E-state index contributed by atoms with van der Waals surface area (Å²) < 4.78 is 10.5. The molecule has 1 unspecified atom stereocenters. The van der Waals surface area contributed by atoms with Crippen LogP contribution in [0.25, 0.3) is 0 Å². The van der Waals surface area contributed by atoms with Crippen LogP contribution in [0.4, 0.5) is 0 Å². The van der Waals surface area contributed by atoms with E-state index in [0.29, 0.717) is 30.9 Å². The van der Waals surface area contributed by atoms with Gasteiger partial charge in [-0.3, -0.25) is 0 Å². The number of rotatable bonds is 8. The molecular formula is C18H30N4O2S. The molecule has 0 aromatic carbocycles. The van der Waals surface area contributed by atoms with Crippen LogP contribution in [0.15, 0.2) is 23.3 Å². The van der Waals surface area contributed by atoms with Crippen molar-refractivity contribution in [1.29, 1.82) is 0 Å². The zero-order valence-electron chi connectivity index (χ0n) is 15.5. The predicted molar refractivity (Wildman–Crippen MR) is 105 cm³/mol. The molecule has 1 saturated heterocycles. The minimum absolute atomic E-state index is 0.511. The second-order valence-electron chi connectivity index (χ2n) is 5.86. The molecular weight excluding hydrogens is 336 g/mol. The number of guanidine groups is 1. The van der Waals surface area contributed by atoms with E-state index >= 15 is 0 Å². The van der Waals surface area contributed by atoms with Gasteiger partial charge in [0.1, 0.15) is 6.61 Å². The van der Waals surface area contributed by atoms with Crippen molar-refractivity contribution in [3.05, 3.63) is 23.9 Å². The first kappa shape index (κ1) is 19.8. The van der Waals surface area contributed by atoms with Gasteiger partial charge in [-0.1, -0.05) is 13.0 Å². The van der Waals surface area contributed by atoms with Crippen molar-refractivity contribution in [3.8, 4) is 5.88 Å². The van der Waals surface area contributed by atoms with Gasteiger partial charge in [0, 0.05) is 50.0 Å². The highest BCUT2D eigenvalue weighted by Crippen LogP contribution is 2.21. The van der Waals surface area contributed by atoms with Crippen LogP contribution < -0.4 is 10.1 Å². The van der Waals surface area contributed by atoms with Crippen LogP contribution in [0.2, 0.25) is 0 Å². The van der Waals surface area contributed by atoms with Crippen molar-refractivity contribution in [2.24, 2.45) is 4.99 Å². The number of aliphatic imine (C=N–C) groups is 1. The van der Waals surface area contributed by atoms with Gasteiger partial charge in [0.05, 0.1) is 13.2 Å². The topological polar surface area (TPSA) is 59.0 Å². The summed E-state index contributed by atoms with van der Waals surface area (Å²) in [6, 6.07) is 3.90. The number of pyridine rings is 1. The fourth-order valence-corrected chi connectivity index (χ4v) is 3.75. The van der Waals surface area contributed by atoms with Gasteiger partial charge in [0.2, 0.25) is 5.88 Å². The number of nitrogens with one attached hydrogen (secondary N) is 1. The van der Waals surface area contributed by atoms with E-state index in [1.807, 2.05) is 18.3 Å². The van der Waals surface area contributed by atoms with Crippen molar-refractivity contribution in [3.63, 3.8) is 0 Å². The lowest BCUT2D eigenvalue weighted by molar-refractivity contribution is 0.143. The summed E-state index contributed by atoms with van der Waals surface area (Å²) in [6.07, 6.45) is 3.03. The van der Waals surface area contributed by atoms with Crippen LogP contribution in [0.1, 0.15) is 25.8 Å². The van der Waals surface area contributed by atoms with Crippen molar-refractivity contribution in [2.75, 3.05) is 45.7 Å². The Morgan fingerprint density at radius 1 is 1.40 bits per heavy atom. The molecule has 1 fully saturated rings. The average Bonchev–Trinajstić information content (AvgIpc) is 2.66. The third-order valence-corrected chi connectivity index (χ3v) is 5.35. The Balaban J connectivity index is 1.93. The molecule has 0 aliphatic carbocycles. The van der Waals surface area contributed by atoms with Gasteiger partial charge in [-0.05, 0) is 18.9 Å². The van der Waals surface area contributed by atoms with E-state index in [0.717, 1.165) is 36.9 Å². The molecule has 140 valence electrons. The molecule has 7 heteroatoms. The summed E-state index contributed by atoms with van der Waals surface area (Å²) >= 11 is 2.07. The van der Waals surface area contributed by atoms with Crippen LogP contribution in [-0.4, -0.2) is 66.8 Å². The van der Waals surface area contributed by atoms with Crippen LogP contribution in [-0.2, 0) is 11.3 Å². The minimum atomic E-state index is 0.511. The monoisotopic (exact) mass is 366 g/mol. The third-order valence-electron chi connectivity index (χ3n) is 3.97. The lowest BCUT2D eigenvalue weighted by Gasteiger charge is -2.34. The van der Waals surface area contributed by atoms with Gasteiger partial charge in [0.15, 0.2) is 5.96 Å². The van der Waals surface area contributed by atoms with Crippen LogP contribution in [0.3, 0.4) is 0 Å².